The normalized spacial score (nSPS) is 11.6. The molecule has 29 heavy (non-hydrogen) atoms. The van der Waals surface area contributed by atoms with Gasteiger partial charge in [0.15, 0.2) is 0 Å². The molecule has 1 heterocycles. The maximum atomic E-state index is 13.9. The molecule has 0 radical (unpaired) electrons. The molecular formula is C20H20F2N4O3. The van der Waals surface area contributed by atoms with E-state index in [1.807, 2.05) is 0 Å². The first-order valence-electron chi connectivity index (χ1n) is 8.64. The fourth-order valence-corrected chi connectivity index (χ4v) is 2.83. The average Bonchev–Trinajstić information content (AvgIpc) is 3.13. The third-order valence-corrected chi connectivity index (χ3v) is 4.28. The maximum Gasteiger partial charge on any atom is 0.320 e. The molecule has 2 N–H and O–H groups in total. The molecule has 3 rings (SSSR count). The summed E-state index contributed by atoms with van der Waals surface area (Å²) in [7, 11) is 4.82. The Balaban J connectivity index is 1.93. The van der Waals surface area contributed by atoms with E-state index in [2.05, 4.69) is 15.6 Å². The number of carbonyl (C=O) groups is 1. The number of halogens is 2. The van der Waals surface area contributed by atoms with Crippen LogP contribution in [0.4, 0.5) is 19.3 Å². The van der Waals surface area contributed by atoms with Crippen LogP contribution in [0.2, 0.25) is 0 Å². The molecule has 0 aliphatic heterocycles. The minimum Gasteiger partial charge on any atom is -0.497 e. The molecule has 0 aliphatic carbocycles. The van der Waals surface area contributed by atoms with Crippen molar-refractivity contribution in [3.8, 4) is 11.5 Å². The first-order valence-corrected chi connectivity index (χ1v) is 8.64. The Morgan fingerprint density at radius 2 is 1.79 bits per heavy atom. The van der Waals surface area contributed by atoms with Gasteiger partial charge in [-0.3, -0.25) is 0 Å². The summed E-state index contributed by atoms with van der Waals surface area (Å²) >= 11 is 0. The number of aryl methyl sites for hydroxylation is 1. The van der Waals surface area contributed by atoms with Gasteiger partial charge in [0.1, 0.15) is 35.0 Å². The first kappa shape index (κ1) is 20.1. The molecule has 9 heteroatoms. The van der Waals surface area contributed by atoms with Crippen LogP contribution < -0.4 is 20.1 Å². The van der Waals surface area contributed by atoms with Crippen molar-refractivity contribution in [2.45, 2.75) is 6.04 Å². The predicted molar refractivity (Wildman–Crippen MR) is 103 cm³/mol. The molecule has 2 amide bonds. The molecule has 0 spiro atoms. The lowest BCUT2D eigenvalue weighted by Crippen LogP contribution is -2.34. The van der Waals surface area contributed by atoms with Gasteiger partial charge in [0.25, 0.3) is 0 Å². The quantitative estimate of drug-likeness (QED) is 0.660. The molecule has 0 unspecified atom stereocenters. The highest BCUT2D eigenvalue weighted by molar-refractivity contribution is 5.89. The SMILES string of the molecule is COc1cc(OC)cc([C@H](NC(=O)Nc2ccc(F)cc2F)c2nccn2C)c1. The molecule has 1 aromatic heterocycles. The molecule has 2 aromatic carbocycles. The number of nitrogens with zero attached hydrogens (tertiary/aromatic N) is 2. The van der Waals surface area contributed by atoms with Crippen LogP contribution in [-0.2, 0) is 7.05 Å². The van der Waals surface area contributed by atoms with E-state index in [9.17, 15) is 13.6 Å². The summed E-state index contributed by atoms with van der Waals surface area (Å²) in [5.74, 6) is -0.00899. The van der Waals surface area contributed by atoms with Crippen molar-refractivity contribution in [2.75, 3.05) is 19.5 Å². The Labute approximate surface area is 166 Å². The van der Waals surface area contributed by atoms with Crippen LogP contribution in [0.1, 0.15) is 17.4 Å². The Kier molecular flexibility index (Phi) is 5.96. The molecule has 0 saturated carbocycles. The Bertz CT molecular complexity index is 1000. The summed E-state index contributed by atoms with van der Waals surface area (Å²) in [6.45, 7) is 0. The van der Waals surface area contributed by atoms with Crippen molar-refractivity contribution < 1.29 is 23.0 Å². The minimum absolute atomic E-state index is 0.147. The topological polar surface area (TPSA) is 77.4 Å². The highest BCUT2D eigenvalue weighted by Gasteiger charge is 2.23. The fraction of sp³-hybridized carbons (Fsp3) is 0.200. The number of anilines is 1. The standard InChI is InChI=1S/C20H20F2N4O3/c1-26-7-6-23-19(26)18(12-8-14(28-2)11-15(9-12)29-3)25-20(27)24-17-5-4-13(21)10-16(17)22/h4-11,18H,1-3H3,(H2,24,25,27)/t18-/m0/s1. The van der Waals surface area contributed by atoms with E-state index in [1.165, 1.54) is 14.2 Å². The van der Waals surface area contributed by atoms with Gasteiger partial charge in [-0.2, -0.15) is 0 Å². The van der Waals surface area contributed by atoms with Gasteiger partial charge in [0, 0.05) is 31.6 Å². The van der Waals surface area contributed by atoms with Gasteiger partial charge in [-0.1, -0.05) is 0 Å². The second kappa shape index (κ2) is 8.59. The third-order valence-electron chi connectivity index (χ3n) is 4.28. The van der Waals surface area contributed by atoms with Crippen LogP contribution >= 0.6 is 0 Å². The van der Waals surface area contributed by atoms with Gasteiger partial charge in [-0.05, 0) is 29.8 Å². The molecule has 0 fully saturated rings. The Morgan fingerprint density at radius 3 is 2.34 bits per heavy atom. The Hall–Kier alpha value is -3.62. The number of nitrogens with one attached hydrogen (secondary N) is 2. The number of carbonyl (C=O) groups excluding carboxylic acids is 1. The highest BCUT2D eigenvalue weighted by Crippen LogP contribution is 2.29. The molecule has 0 saturated heterocycles. The number of ether oxygens (including phenoxy) is 2. The smallest absolute Gasteiger partial charge is 0.320 e. The monoisotopic (exact) mass is 402 g/mol. The van der Waals surface area contributed by atoms with Crippen LogP contribution in [0.5, 0.6) is 11.5 Å². The second-order valence-corrected chi connectivity index (χ2v) is 6.20. The maximum absolute atomic E-state index is 13.9. The van der Waals surface area contributed by atoms with Crippen molar-refractivity contribution >= 4 is 11.7 Å². The van der Waals surface area contributed by atoms with Crippen molar-refractivity contribution in [3.63, 3.8) is 0 Å². The zero-order valence-corrected chi connectivity index (χ0v) is 16.1. The third kappa shape index (κ3) is 4.63. The lowest BCUT2D eigenvalue weighted by atomic mass is 10.1. The number of methoxy groups -OCH3 is 2. The number of hydrogen-bond donors (Lipinski definition) is 2. The van der Waals surface area contributed by atoms with E-state index >= 15 is 0 Å². The van der Waals surface area contributed by atoms with Crippen molar-refractivity contribution in [3.05, 3.63) is 71.8 Å². The molecule has 152 valence electrons. The number of aromatic nitrogens is 2. The molecule has 1 atom stereocenters. The number of urea groups is 1. The van der Waals surface area contributed by atoms with Gasteiger partial charge in [0.2, 0.25) is 0 Å². The van der Waals surface area contributed by atoms with Crippen LogP contribution in [0.3, 0.4) is 0 Å². The minimum atomic E-state index is -0.878. The summed E-state index contributed by atoms with van der Waals surface area (Å²) < 4.78 is 39.3. The van der Waals surface area contributed by atoms with E-state index in [0.717, 1.165) is 12.1 Å². The molecular weight excluding hydrogens is 382 g/mol. The number of benzene rings is 2. The number of hydrogen-bond acceptors (Lipinski definition) is 4. The zero-order valence-electron chi connectivity index (χ0n) is 16.1. The highest BCUT2D eigenvalue weighted by atomic mass is 19.1. The van der Waals surface area contributed by atoms with Gasteiger partial charge in [-0.25, -0.2) is 18.6 Å². The summed E-state index contributed by atoms with van der Waals surface area (Å²) in [5.41, 5.74) is 0.496. The van der Waals surface area contributed by atoms with E-state index in [4.69, 9.17) is 9.47 Å². The van der Waals surface area contributed by atoms with Crippen LogP contribution in [0, 0.1) is 11.6 Å². The molecule has 3 aromatic rings. The lowest BCUT2D eigenvalue weighted by molar-refractivity contribution is 0.249. The summed E-state index contributed by atoms with van der Waals surface area (Å²) in [6.07, 6.45) is 3.33. The largest absolute Gasteiger partial charge is 0.497 e. The predicted octanol–water partition coefficient (Wildman–Crippen LogP) is 3.63. The lowest BCUT2D eigenvalue weighted by Gasteiger charge is -2.21. The zero-order chi connectivity index (χ0) is 21.0. The van der Waals surface area contributed by atoms with Crippen LogP contribution in [0.25, 0.3) is 0 Å². The van der Waals surface area contributed by atoms with E-state index < -0.39 is 23.7 Å². The number of amides is 2. The number of rotatable bonds is 6. The number of imidazole rings is 1. The van der Waals surface area contributed by atoms with Gasteiger partial charge in [0.05, 0.1) is 19.9 Å². The molecule has 0 aliphatic rings. The van der Waals surface area contributed by atoms with Gasteiger partial charge < -0.3 is 24.7 Å². The molecule has 0 bridgehead atoms. The van der Waals surface area contributed by atoms with Crippen molar-refractivity contribution in [1.29, 1.82) is 0 Å². The Morgan fingerprint density at radius 1 is 1.10 bits per heavy atom. The second-order valence-electron chi connectivity index (χ2n) is 6.20. The van der Waals surface area contributed by atoms with Crippen molar-refractivity contribution in [2.24, 2.45) is 7.05 Å². The van der Waals surface area contributed by atoms with Crippen LogP contribution in [-0.4, -0.2) is 29.8 Å². The van der Waals surface area contributed by atoms with E-state index in [-0.39, 0.29) is 5.69 Å². The summed E-state index contributed by atoms with van der Waals surface area (Å²) in [6, 6.07) is 6.69. The van der Waals surface area contributed by atoms with Gasteiger partial charge in [-0.15, -0.1) is 0 Å². The fourth-order valence-electron chi connectivity index (χ4n) is 2.83. The summed E-state index contributed by atoms with van der Waals surface area (Å²) in [4.78, 5) is 16.9. The van der Waals surface area contributed by atoms with Gasteiger partial charge >= 0.3 is 6.03 Å². The summed E-state index contributed by atoms with van der Waals surface area (Å²) in [5, 5.41) is 5.15. The first-order chi connectivity index (χ1) is 13.9. The van der Waals surface area contributed by atoms with E-state index in [0.29, 0.717) is 29.0 Å². The van der Waals surface area contributed by atoms with Crippen molar-refractivity contribution in [1.82, 2.24) is 14.9 Å². The van der Waals surface area contributed by atoms with Crippen LogP contribution in [0.15, 0.2) is 48.8 Å². The van der Waals surface area contributed by atoms with E-state index in [1.54, 1.807) is 42.2 Å². The molecule has 7 nitrogen and oxygen atoms in total. The average molecular weight is 402 g/mol.